The fraction of sp³-hybridized carbons (Fsp3) is 0.185. The lowest BCUT2D eigenvalue weighted by atomic mass is 10.0. The van der Waals surface area contributed by atoms with Crippen molar-refractivity contribution in [2.45, 2.75) is 25.6 Å². The van der Waals surface area contributed by atoms with Gasteiger partial charge in [0, 0.05) is 38.2 Å². The van der Waals surface area contributed by atoms with Gasteiger partial charge in [-0.05, 0) is 22.8 Å². The third kappa shape index (κ3) is 4.59. The lowest BCUT2D eigenvalue weighted by molar-refractivity contribution is -0.133. The van der Waals surface area contributed by atoms with Crippen molar-refractivity contribution in [2.75, 3.05) is 6.54 Å². The molecule has 2 aromatic carbocycles. The highest BCUT2D eigenvalue weighted by atomic mass is 16.2. The van der Waals surface area contributed by atoms with E-state index in [2.05, 4.69) is 10.3 Å². The number of hydrogen-bond acceptors (Lipinski definition) is 4. The first-order valence-corrected chi connectivity index (χ1v) is 11.3. The molecule has 3 heterocycles. The van der Waals surface area contributed by atoms with E-state index in [9.17, 15) is 9.59 Å². The number of nitrogens with one attached hydrogen (secondary N) is 1. The summed E-state index contributed by atoms with van der Waals surface area (Å²) >= 11 is 0. The van der Waals surface area contributed by atoms with Crippen LogP contribution in [0.2, 0.25) is 0 Å². The average molecular weight is 452 g/mol. The predicted molar refractivity (Wildman–Crippen MR) is 128 cm³/mol. The Labute approximate surface area is 198 Å². The minimum Gasteiger partial charge on any atom is -0.347 e. The summed E-state index contributed by atoms with van der Waals surface area (Å²) in [5, 5.41) is 2.91. The van der Waals surface area contributed by atoms with Crippen molar-refractivity contribution in [3.05, 3.63) is 120 Å². The SMILES string of the molecule is O=C(NCc1cccnc1)c1cn2c(n1)C(c1ccccc1)N(C(=O)Cc1ccccc1)CC2. The highest BCUT2D eigenvalue weighted by molar-refractivity contribution is 5.92. The second-order valence-corrected chi connectivity index (χ2v) is 8.28. The Hall–Kier alpha value is -4.26. The van der Waals surface area contributed by atoms with Crippen molar-refractivity contribution >= 4 is 11.8 Å². The molecule has 4 aromatic rings. The molecule has 2 aromatic heterocycles. The molecule has 0 radical (unpaired) electrons. The number of aromatic nitrogens is 3. The van der Waals surface area contributed by atoms with Gasteiger partial charge in [0.15, 0.2) is 0 Å². The van der Waals surface area contributed by atoms with E-state index in [4.69, 9.17) is 4.98 Å². The van der Waals surface area contributed by atoms with E-state index in [-0.39, 0.29) is 17.9 Å². The van der Waals surface area contributed by atoms with Crippen LogP contribution in [-0.2, 0) is 24.3 Å². The van der Waals surface area contributed by atoms with E-state index in [1.165, 1.54) is 0 Å². The van der Waals surface area contributed by atoms with Crippen LogP contribution in [0.25, 0.3) is 0 Å². The smallest absolute Gasteiger partial charge is 0.271 e. The molecule has 1 atom stereocenters. The monoisotopic (exact) mass is 451 g/mol. The number of nitrogens with zero attached hydrogens (tertiary/aromatic N) is 4. The number of fused-ring (bicyclic) bond motifs is 1. The van der Waals surface area contributed by atoms with Gasteiger partial charge in [0.2, 0.25) is 5.91 Å². The third-order valence-corrected chi connectivity index (χ3v) is 5.99. The standard InChI is InChI=1S/C27H25N5O2/c33-24(16-20-8-3-1-4-9-20)32-15-14-31-19-23(27(34)29-18-21-10-7-13-28-17-21)30-26(31)25(32)22-11-5-2-6-12-22/h1-13,17,19,25H,14-16,18H2,(H,29,34). The van der Waals surface area contributed by atoms with Crippen molar-refractivity contribution in [1.29, 1.82) is 0 Å². The Morgan fingerprint density at radius 1 is 0.912 bits per heavy atom. The largest absolute Gasteiger partial charge is 0.347 e. The van der Waals surface area contributed by atoms with Gasteiger partial charge in [-0.3, -0.25) is 14.6 Å². The van der Waals surface area contributed by atoms with Gasteiger partial charge in [-0.15, -0.1) is 0 Å². The number of rotatable bonds is 6. The normalized spacial score (nSPS) is 14.9. The van der Waals surface area contributed by atoms with Crippen molar-refractivity contribution in [3.63, 3.8) is 0 Å². The van der Waals surface area contributed by atoms with Gasteiger partial charge in [-0.1, -0.05) is 66.7 Å². The Balaban J connectivity index is 1.41. The molecule has 0 aliphatic carbocycles. The number of amides is 2. The van der Waals surface area contributed by atoms with Crippen LogP contribution in [0.15, 0.2) is 91.4 Å². The van der Waals surface area contributed by atoms with Crippen LogP contribution >= 0.6 is 0 Å². The van der Waals surface area contributed by atoms with Crippen LogP contribution in [0.5, 0.6) is 0 Å². The highest BCUT2D eigenvalue weighted by Crippen LogP contribution is 2.32. The molecule has 1 aliphatic heterocycles. The van der Waals surface area contributed by atoms with Crippen molar-refractivity contribution in [3.8, 4) is 0 Å². The van der Waals surface area contributed by atoms with Gasteiger partial charge >= 0.3 is 0 Å². The Morgan fingerprint density at radius 2 is 1.65 bits per heavy atom. The lowest BCUT2D eigenvalue weighted by Crippen LogP contribution is -2.43. The molecule has 0 saturated heterocycles. The quantitative estimate of drug-likeness (QED) is 0.487. The summed E-state index contributed by atoms with van der Waals surface area (Å²) in [7, 11) is 0. The summed E-state index contributed by atoms with van der Waals surface area (Å²) in [6.45, 7) is 1.51. The van der Waals surface area contributed by atoms with Crippen LogP contribution in [0.4, 0.5) is 0 Å². The Morgan fingerprint density at radius 3 is 2.38 bits per heavy atom. The molecule has 0 fully saturated rings. The van der Waals surface area contributed by atoms with E-state index in [1.807, 2.05) is 82.3 Å². The first-order valence-electron chi connectivity index (χ1n) is 11.3. The molecular weight excluding hydrogens is 426 g/mol. The molecule has 0 saturated carbocycles. The fourth-order valence-corrected chi connectivity index (χ4v) is 4.30. The Kier molecular flexibility index (Phi) is 6.16. The van der Waals surface area contributed by atoms with Crippen LogP contribution < -0.4 is 5.32 Å². The lowest BCUT2D eigenvalue weighted by Gasteiger charge is -2.36. The maximum Gasteiger partial charge on any atom is 0.271 e. The summed E-state index contributed by atoms with van der Waals surface area (Å²) in [5.74, 6) is 0.488. The van der Waals surface area contributed by atoms with Crippen molar-refractivity contribution < 1.29 is 9.59 Å². The summed E-state index contributed by atoms with van der Waals surface area (Å²) in [6.07, 6.45) is 5.52. The number of carbonyl (C=O) groups excluding carboxylic acids is 2. The van der Waals surface area contributed by atoms with Crippen molar-refractivity contribution in [1.82, 2.24) is 24.8 Å². The molecule has 5 rings (SSSR count). The summed E-state index contributed by atoms with van der Waals surface area (Å²) in [6, 6.07) is 23.0. The van der Waals surface area contributed by atoms with Crippen LogP contribution in [0, 0.1) is 0 Å². The molecule has 34 heavy (non-hydrogen) atoms. The molecule has 7 nitrogen and oxygen atoms in total. The molecule has 1 unspecified atom stereocenters. The molecule has 1 aliphatic rings. The number of benzene rings is 2. The van der Waals surface area contributed by atoms with Gasteiger partial charge < -0.3 is 14.8 Å². The first-order chi connectivity index (χ1) is 16.7. The summed E-state index contributed by atoms with van der Waals surface area (Å²) in [4.78, 5) is 36.9. The van der Waals surface area contributed by atoms with Gasteiger partial charge in [0.05, 0.1) is 6.42 Å². The minimum absolute atomic E-state index is 0.0388. The molecule has 0 bridgehead atoms. The van der Waals surface area contributed by atoms with E-state index in [1.54, 1.807) is 18.6 Å². The fourth-order valence-electron chi connectivity index (χ4n) is 4.30. The zero-order chi connectivity index (χ0) is 23.3. The van der Waals surface area contributed by atoms with Gasteiger partial charge in [-0.2, -0.15) is 0 Å². The average Bonchev–Trinajstić information content (AvgIpc) is 3.33. The van der Waals surface area contributed by atoms with Crippen LogP contribution in [0.1, 0.15) is 39.0 Å². The number of imidazole rings is 1. The highest BCUT2D eigenvalue weighted by Gasteiger charge is 2.34. The number of hydrogen-bond donors (Lipinski definition) is 1. The summed E-state index contributed by atoms with van der Waals surface area (Å²) in [5.41, 5.74) is 3.21. The zero-order valence-electron chi connectivity index (χ0n) is 18.7. The van der Waals surface area contributed by atoms with Crippen LogP contribution in [-0.4, -0.2) is 37.8 Å². The van der Waals surface area contributed by atoms with Crippen LogP contribution in [0.3, 0.4) is 0 Å². The van der Waals surface area contributed by atoms with E-state index in [0.717, 1.165) is 16.7 Å². The first kappa shape index (κ1) is 21.6. The zero-order valence-corrected chi connectivity index (χ0v) is 18.7. The molecule has 2 amide bonds. The molecule has 0 spiro atoms. The molecule has 1 N–H and O–H groups in total. The van der Waals surface area contributed by atoms with Gasteiger partial charge in [0.1, 0.15) is 17.6 Å². The van der Waals surface area contributed by atoms with E-state index in [0.29, 0.717) is 37.6 Å². The van der Waals surface area contributed by atoms with E-state index < -0.39 is 0 Å². The number of pyridine rings is 1. The predicted octanol–water partition coefficient (Wildman–Crippen LogP) is 3.38. The second kappa shape index (κ2) is 9.70. The van der Waals surface area contributed by atoms with Crippen molar-refractivity contribution in [2.24, 2.45) is 0 Å². The summed E-state index contributed by atoms with van der Waals surface area (Å²) < 4.78 is 1.99. The molecule has 170 valence electrons. The molecular formula is C27H25N5O2. The molecule has 7 heteroatoms. The van der Waals surface area contributed by atoms with E-state index >= 15 is 0 Å². The maximum atomic E-state index is 13.4. The maximum absolute atomic E-state index is 13.4. The Bertz CT molecular complexity index is 1270. The third-order valence-electron chi connectivity index (χ3n) is 5.99. The topological polar surface area (TPSA) is 80.1 Å². The second-order valence-electron chi connectivity index (χ2n) is 8.28. The van der Waals surface area contributed by atoms with Gasteiger partial charge in [-0.25, -0.2) is 4.98 Å². The minimum atomic E-state index is -0.356. The van der Waals surface area contributed by atoms with Gasteiger partial charge in [0.25, 0.3) is 5.91 Å². The number of carbonyl (C=O) groups is 2.